The van der Waals surface area contributed by atoms with Gasteiger partial charge in [0, 0.05) is 30.9 Å². The van der Waals surface area contributed by atoms with Crippen LogP contribution in [-0.2, 0) is 0 Å². The normalized spacial score (nSPS) is 12.2. The lowest BCUT2D eigenvalue weighted by Gasteiger charge is -2.25. The topological polar surface area (TPSA) is 42.2 Å². The van der Waals surface area contributed by atoms with E-state index in [2.05, 4.69) is 23.4 Å². The molecular formula is C13H21N3. The Bertz CT molecular complexity index is 334. The van der Waals surface area contributed by atoms with Crippen LogP contribution >= 0.6 is 0 Å². The van der Waals surface area contributed by atoms with Gasteiger partial charge in [-0.15, -0.1) is 6.58 Å². The molecule has 0 aliphatic heterocycles. The molecule has 0 saturated carbocycles. The highest BCUT2D eigenvalue weighted by Gasteiger charge is 2.12. The van der Waals surface area contributed by atoms with Gasteiger partial charge in [-0.25, -0.2) is 4.98 Å². The molecule has 0 radical (unpaired) electrons. The number of aromatic nitrogens is 1. The van der Waals surface area contributed by atoms with Crippen molar-refractivity contribution in [3.63, 3.8) is 0 Å². The van der Waals surface area contributed by atoms with Crippen molar-refractivity contribution in [1.82, 2.24) is 4.98 Å². The molecule has 1 aromatic rings. The van der Waals surface area contributed by atoms with Gasteiger partial charge in [-0.2, -0.15) is 0 Å². The largest absolute Gasteiger partial charge is 0.353 e. The van der Waals surface area contributed by atoms with E-state index in [9.17, 15) is 0 Å². The summed E-state index contributed by atoms with van der Waals surface area (Å²) in [5.74, 6) is 0.985. The van der Waals surface area contributed by atoms with Gasteiger partial charge in [0.05, 0.1) is 0 Å². The Balaban J connectivity index is 3.01. The van der Waals surface area contributed by atoms with Crippen molar-refractivity contribution < 1.29 is 0 Å². The smallest absolute Gasteiger partial charge is 0.133 e. The summed E-state index contributed by atoms with van der Waals surface area (Å²) < 4.78 is 0. The van der Waals surface area contributed by atoms with E-state index in [-0.39, 0.29) is 6.04 Å². The summed E-state index contributed by atoms with van der Waals surface area (Å²) in [5, 5.41) is 0. The lowest BCUT2D eigenvalue weighted by atomic mass is 10.1. The Labute approximate surface area is 98.0 Å². The molecular weight excluding hydrogens is 198 g/mol. The molecule has 0 aliphatic rings. The van der Waals surface area contributed by atoms with Gasteiger partial charge in [0.2, 0.25) is 0 Å². The standard InChI is InChI=1S/C13H21N3/c1-4-9-16(10-5-2)13-12(11(3)14)7-6-8-15-13/h4,6-8,11H,1,5,9-10,14H2,2-3H3. The van der Waals surface area contributed by atoms with Crippen LogP contribution in [0.1, 0.15) is 31.9 Å². The summed E-state index contributed by atoms with van der Waals surface area (Å²) in [6.07, 6.45) is 4.80. The number of anilines is 1. The number of hydrogen-bond acceptors (Lipinski definition) is 3. The summed E-state index contributed by atoms with van der Waals surface area (Å²) in [7, 11) is 0. The zero-order valence-corrected chi connectivity index (χ0v) is 10.2. The first-order valence-corrected chi connectivity index (χ1v) is 5.77. The second-order valence-corrected chi connectivity index (χ2v) is 3.94. The maximum absolute atomic E-state index is 5.95. The first-order valence-electron chi connectivity index (χ1n) is 5.77. The van der Waals surface area contributed by atoms with Crippen molar-refractivity contribution in [1.29, 1.82) is 0 Å². The predicted octanol–water partition coefficient (Wildman–Crippen LogP) is 2.50. The van der Waals surface area contributed by atoms with Gasteiger partial charge in [-0.3, -0.25) is 0 Å². The SMILES string of the molecule is C=CCN(CCC)c1ncccc1C(C)N. The molecule has 16 heavy (non-hydrogen) atoms. The molecule has 0 aromatic carbocycles. The van der Waals surface area contributed by atoms with E-state index in [4.69, 9.17) is 5.73 Å². The van der Waals surface area contributed by atoms with Crippen molar-refractivity contribution >= 4 is 5.82 Å². The van der Waals surface area contributed by atoms with E-state index in [1.807, 2.05) is 31.3 Å². The molecule has 1 rings (SSSR count). The first-order chi connectivity index (χ1) is 7.70. The summed E-state index contributed by atoms with van der Waals surface area (Å²) in [6, 6.07) is 3.98. The Morgan fingerprint density at radius 1 is 1.62 bits per heavy atom. The van der Waals surface area contributed by atoms with Crippen LogP contribution in [0.4, 0.5) is 5.82 Å². The summed E-state index contributed by atoms with van der Waals surface area (Å²) in [6.45, 7) is 9.71. The van der Waals surface area contributed by atoms with Crippen LogP contribution in [0.15, 0.2) is 31.0 Å². The van der Waals surface area contributed by atoms with Gasteiger partial charge in [-0.1, -0.05) is 19.1 Å². The van der Waals surface area contributed by atoms with Crippen LogP contribution in [0.5, 0.6) is 0 Å². The number of nitrogens with zero attached hydrogens (tertiary/aromatic N) is 2. The Morgan fingerprint density at radius 3 is 2.94 bits per heavy atom. The van der Waals surface area contributed by atoms with E-state index in [1.165, 1.54) is 0 Å². The fraction of sp³-hybridized carbons (Fsp3) is 0.462. The first kappa shape index (κ1) is 12.7. The van der Waals surface area contributed by atoms with Crippen molar-refractivity contribution in [3.05, 3.63) is 36.5 Å². The quantitative estimate of drug-likeness (QED) is 0.747. The fourth-order valence-corrected chi connectivity index (χ4v) is 1.74. The highest BCUT2D eigenvalue weighted by atomic mass is 15.2. The average Bonchev–Trinajstić information content (AvgIpc) is 2.29. The van der Waals surface area contributed by atoms with Crippen LogP contribution in [0.2, 0.25) is 0 Å². The van der Waals surface area contributed by atoms with E-state index < -0.39 is 0 Å². The minimum atomic E-state index is 0.00729. The van der Waals surface area contributed by atoms with Crippen LogP contribution < -0.4 is 10.6 Å². The van der Waals surface area contributed by atoms with Crippen molar-refractivity contribution in [2.75, 3.05) is 18.0 Å². The van der Waals surface area contributed by atoms with Crippen LogP contribution in [0.25, 0.3) is 0 Å². The van der Waals surface area contributed by atoms with Crippen molar-refractivity contribution in [2.24, 2.45) is 5.73 Å². The Kier molecular flexibility index (Phi) is 4.99. The Morgan fingerprint density at radius 2 is 2.38 bits per heavy atom. The van der Waals surface area contributed by atoms with Gasteiger partial charge in [0.1, 0.15) is 5.82 Å². The molecule has 3 heteroatoms. The highest BCUT2D eigenvalue weighted by molar-refractivity contribution is 5.48. The maximum atomic E-state index is 5.95. The maximum Gasteiger partial charge on any atom is 0.133 e. The molecule has 3 nitrogen and oxygen atoms in total. The minimum absolute atomic E-state index is 0.00729. The number of nitrogens with two attached hydrogens (primary N) is 1. The lowest BCUT2D eigenvalue weighted by Crippen LogP contribution is -2.27. The molecule has 1 aromatic heterocycles. The highest BCUT2D eigenvalue weighted by Crippen LogP contribution is 2.22. The second-order valence-electron chi connectivity index (χ2n) is 3.94. The summed E-state index contributed by atoms with van der Waals surface area (Å²) >= 11 is 0. The molecule has 88 valence electrons. The van der Waals surface area contributed by atoms with Gasteiger partial charge in [0.15, 0.2) is 0 Å². The number of hydrogen-bond donors (Lipinski definition) is 1. The molecule has 1 unspecified atom stereocenters. The molecule has 0 amide bonds. The van der Waals surface area contributed by atoms with Gasteiger partial charge >= 0.3 is 0 Å². The Hall–Kier alpha value is -1.35. The second kappa shape index (κ2) is 6.28. The molecule has 0 aliphatic carbocycles. The van der Waals surface area contributed by atoms with Crippen LogP contribution in [-0.4, -0.2) is 18.1 Å². The van der Waals surface area contributed by atoms with Crippen molar-refractivity contribution in [3.8, 4) is 0 Å². The summed E-state index contributed by atoms with van der Waals surface area (Å²) in [4.78, 5) is 6.65. The van der Waals surface area contributed by atoms with Gasteiger partial charge in [0.25, 0.3) is 0 Å². The van der Waals surface area contributed by atoms with E-state index in [0.717, 1.165) is 30.9 Å². The predicted molar refractivity (Wildman–Crippen MR) is 69.5 cm³/mol. The molecule has 0 saturated heterocycles. The zero-order valence-electron chi connectivity index (χ0n) is 10.2. The lowest BCUT2D eigenvalue weighted by molar-refractivity contribution is 0.760. The molecule has 1 heterocycles. The molecule has 0 spiro atoms. The van der Waals surface area contributed by atoms with E-state index in [0.29, 0.717) is 0 Å². The average molecular weight is 219 g/mol. The van der Waals surface area contributed by atoms with E-state index >= 15 is 0 Å². The van der Waals surface area contributed by atoms with Gasteiger partial charge < -0.3 is 10.6 Å². The number of rotatable bonds is 6. The minimum Gasteiger partial charge on any atom is -0.353 e. The third kappa shape index (κ3) is 3.07. The third-order valence-corrected chi connectivity index (χ3v) is 2.45. The number of pyridine rings is 1. The van der Waals surface area contributed by atoms with Crippen LogP contribution in [0.3, 0.4) is 0 Å². The molecule has 2 N–H and O–H groups in total. The molecule has 0 bridgehead atoms. The fourth-order valence-electron chi connectivity index (χ4n) is 1.74. The summed E-state index contributed by atoms with van der Waals surface area (Å²) in [5.41, 5.74) is 7.05. The third-order valence-electron chi connectivity index (χ3n) is 2.45. The zero-order chi connectivity index (χ0) is 12.0. The monoisotopic (exact) mass is 219 g/mol. The molecule has 0 fully saturated rings. The van der Waals surface area contributed by atoms with Crippen LogP contribution in [0, 0.1) is 0 Å². The van der Waals surface area contributed by atoms with E-state index in [1.54, 1.807) is 0 Å². The molecule has 1 atom stereocenters. The van der Waals surface area contributed by atoms with Crippen molar-refractivity contribution in [2.45, 2.75) is 26.3 Å². The van der Waals surface area contributed by atoms with Gasteiger partial charge in [-0.05, 0) is 19.4 Å².